The Hall–Kier alpha value is -2.37. The molecule has 0 bridgehead atoms. The second-order valence-corrected chi connectivity index (χ2v) is 6.88. The molecule has 0 aromatic heterocycles. The molecule has 6 heteroatoms. The van der Waals surface area contributed by atoms with Crippen LogP contribution in [0.5, 0.6) is 0 Å². The predicted octanol–water partition coefficient (Wildman–Crippen LogP) is 3.12. The number of nitrogens with zero attached hydrogens (tertiary/aromatic N) is 1. The van der Waals surface area contributed by atoms with Crippen molar-refractivity contribution < 1.29 is 19.1 Å². The van der Waals surface area contributed by atoms with Gasteiger partial charge in [-0.25, -0.2) is 0 Å². The summed E-state index contributed by atoms with van der Waals surface area (Å²) in [4.78, 5) is 38.0. The maximum atomic E-state index is 12.3. The van der Waals surface area contributed by atoms with Gasteiger partial charge in [0.1, 0.15) is 0 Å². The summed E-state index contributed by atoms with van der Waals surface area (Å²) in [5.41, 5.74) is 0.508. The number of benzene rings is 1. The Balaban J connectivity index is 2.02. The average Bonchev–Trinajstić information content (AvgIpc) is 2.55. The van der Waals surface area contributed by atoms with Gasteiger partial charge in [0.05, 0.1) is 12.0 Å². The first-order chi connectivity index (χ1) is 11.8. The van der Waals surface area contributed by atoms with E-state index in [0.29, 0.717) is 18.7 Å². The van der Waals surface area contributed by atoms with Gasteiger partial charge in [-0.1, -0.05) is 6.07 Å². The Morgan fingerprint density at radius 2 is 2.04 bits per heavy atom. The molecule has 1 aromatic rings. The first kappa shape index (κ1) is 19.0. The van der Waals surface area contributed by atoms with Crippen LogP contribution in [0.2, 0.25) is 0 Å². The minimum atomic E-state index is -0.888. The van der Waals surface area contributed by atoms with Crippen LogP contribution in [-0.4, -0.2) is 30.9 Å². The molecular weight excluding hydrogens is 320 g/mol. The molecule has 0 saturated carbocycles. The van der Waals surface area contributed by atoms with E-state index in [9.17, 15) is 14.4 Å². The summed E-state index contributed by atoms with van der Waals surface area (Å²) in [7, 11) is 0. The Labute approximate surface area is 148 Å². The van der Waals surface area contributed by atoms with E-state index in [-0.39, 0.29) is 24.8 Å². The molecule has 0 unspecified atom stereocenters. The highest BCUT2D eigenvalue weighted by Gasteiger charge is 2.32. The summed E-state index contributed by atoms with van der Waals surface area (Å²) in [5, 5.41) is 2.80. The van der Waals surface area contributed by atoms with E-state index in [1.165, 1.54) is 0 Å². The van der Waals surface area contributed by atoms with Gasteiger partial charge in [0.15, 0.2) is 0 Å². The lowest BCUT2D eigenvalue weighted by molar-refractivity contribution is -0.155. The zero-order valence-corrected chi connectivity index (χ0v) is 15.1. The highest BCUT2D eigenvalue weighted by Crippen LogP contribution is 2.26. The lowest BCUT2D eigenvalue weighted by Crippen LogP contribution is -2.35. The maximum absolute atomic E-state index is 12.3. The van der Waals surface area contributed by atoms with Crippen molar-refractivity contribution in [3.05, 3.63) is 24.3 Å². The molecule has 0 radical (unpaired) electrons. The van der Waals surface area contributed by atoms with E-state index >= 15 is 0 Å². The predicted molar refractivity (Wildman–Crippen MR) is 96.3 cm³/mol. The van der Waals surface area contributed by atoms with Crippen LogP contribution in [0.25, 0.3) is 0 Å². The number of amides is 2. The van der Waals surface area contributed by atoms with Crippen molar-refractivity contribution in [2.45, 2.75) is 46.5 Å². The maximum Gasteiger partial charge on any atom is 0.312 e. The van der Waals surface area contributed by atoms with Crippen LogP contribution in [0.4, 0.5) is 11.4 Å². The first-order valence-corrected chi connectivity index (χ1v) is 8.71. The molecule has 1 fully saturated rings. The third-order valence-electron chi connectivity index (χ3n) is 4.20. The summed E-state index contributed by atoms with van der Waals surface area (Å²) in [6.45, 7) is 6.10. The topological polar surface area (TPSA) is 75.7 Å². The summed E-state index contributed by atoms with van der Waals surface area (Å²) >= 11 is 0. The van der Waals surface area contributed by atoms with Gasteiger partial charge in [0.2, 0.25) is 11.8 Å². The fraction of sp³-hybridized carbons (Fsp3) is 0.526. The van der Waals surface area contributed by atoms with Crippen molar-refractivity contribution in [1.82, 2.24) is 0 Å². The van der Waals surface area contributed by atoms with Crippen molar-refractivity contribution in [2.24, 2.45) is 5.41 Å². The highest BCUT2D eigenvalue weighted by molar-refractivity contribution is 5.97. The quantitative estimate of drug-likeness (QED) is 0.803. The van der Waals surface area contributed by atoms with Crippen LogP contribution < -0.4 is 10.2 Å². The number of carbonyl (C=O) groups excluding carboxylic acids is 3. The molecule has 6 nitrogen and oxygen atoms in total. The second kappa shape index (κ2) is 8.14. The van der Waals surface area contributed by atoms with Crippen LogP contribution in [0.3, 0.4) is 0 Å². The van der Waals surface area contributed by atoms with E-state index in [2.05, 4.69) is 5.32 Å². The zero-order valence-electron chi connectivity index (χ0n) is 15.1. The van der Waals surface area contributed by atoms with E-state index in [0.717, 1.165) is 18.5 Å². The number of anilines is 2. The van der Waals surface area contributed by atoms with E-state index in [1.54, 1.807) is 37.8 Å². The fourth-order valence-corrected chi connectivity index (χ4v) is 2.84. The SMILES string of the molecule is CCOC(=O)C(C)(C)CC(=O)Nc1cccc(N2CCCCC2=O)c1. The number of rotatable bonds is 6. The number of hydrogen-bond acceptors (Lipinski definition) is 4. The number of hydrogen-bond donors (Lipinski definition) is 1. The molecule has 1 heterocycles. The monoisotopic (exact) mass is 346 g/mol. The average molecular weight is 346 g/mol. The van der Waals surface area contributed by atoms with Crippen LogP contribution in [0, 0.1) is 5.41 Å². The molecule has 0 spiro atoms. The first-order valence-electron chi connectivity index (χ1n) is 8.71. The number of ether oxygens (including phenoxy) is 1. The third-order valence-corrected chi connectivity index (χ3v) is 4.20. The van der Waals surface area contributed by atoms with Crippen molar-refractivity contribution >= 4 is 29.2 Å². The van der Waals surface area contributed by atoms with Gasteiger partial charge in [0.25, 0.3) is 0 Å². The molecule has 2 rings (SSSR count). The lowest BCUT2D eigenvalue weighted by atomic mass is 9.89. The number of nitrogens with one attached hydrogen (secondary N) is 1. The number of piperidine rings is 1. The van der Waals surface area contributed by atoms with Gasteiger partial charge in [-0.05, 0) is 51.8 Å². The summed E-state index contributed by atoms with van der Waals surface area (Å²) in [6, 6.07) is 7.23. The van der Waals surface area contributed by atoms with Gasteiger partial charge < -0.3 is 15.0 Å². The summed E-state index contributed by atoms with van der Waals surface area (Å²) < 4.78 is 5.00. The van der Waals surface area contributed by atoms with Gasteiger partial charge in [-0.15, -0.1) is 0 Å². The van der Waals surface area contributed by atoms with Crippen LogP contribution in [0.1, 0.15) is 46.5 Å². The van der Waals surface area contributed by atoms with E-state index < -0.39 is 11.4 Å². The smallest absolute Gasteiger partial charge is 0.312 e. The van der Waals surface area contributed by atoms with Gasteiger partial charge in [0, 0.05) is 30.8 Å². The molecular formula is C19H26N2O4. The van der Waals surface area contributed by atoms with E-state index in [1.807, 2.05) is 12.1 Å². The molecule has 0 atom stereocenters. The molecule has 1 aliphatic heterocycles. The zero-order chi connectivity index (χ0) is 18.4. The van der Waals surface area contributed by atoms with Gasteiger partial charge in [-0.2, -0.15) is 0 Å². The fourth-order valence-electron chi connectivity index (χ4n) is 2.84. The molecule has 136 valence electrons. The Bertz CT molecular complexity index is 655. The molecule has 1 saturated heterocycles. The minimum Gasteiger partial charge on any atom is -0.466 e. The highest BCUT2D eigenvalue weighted by atomic mass is 16.5. The van der Waals surface area contributed by atoms with Crippen molar-refractivity contribution in [2.75, 3.05) is 23.4 Å². The van der Waals surface area contributed by atoms with Gasteiger partial charge in [-0.3, -0.25) is 14.4 Å². The molecule has 1 aliphatic rings. The van der Waals surface area contributed by atoms with Crippen LogP contribution in [-0.2, 0) is 19.1 Å². The lowest BCUT2D eigenvalue weighted by Gasteiger charge is -2.27. The molecule has 2 amide bonds. The minimum absolute atomic E-state index is 0.0265. The Morgan fingerprint density at radius 3 is 2.72 bits per heavy atom. The number of esters is 1. The molecule has 0 aliphatic carbocycles. The molecule has 25 heavy (non-hydrogen) atoms. The van der Waals surface area contributed by atoms with Crippen molar-refractivity contribution in [3.63, 3.8) is 0 Å². The van der Waals surface area contributed by atoms with Gasteiger partial charge >= 0.3 is 5.97 Å². The Kier molecular flexibility index (Phi) is 6.17. The van der Waals surface area contributed by atoms with Crippen molar-refractivity contribution in [1.29, 1.82) is 0 Å². The molecule has 1 aromatic carbocycles. The molecule has 1 N–H and O–H groups in total. The Morgan fingerprint density at radius 1 is 1.28 bits per heavy atom. The standard InChI is InChI=1S/C19H26N2O4/c1-4-25-18(24)19(2,3)13-16(22)20-14-8-7-9-15(12-14)21-11-6-5-10-17(21)23/h7-9,12H,4-6,10-11,13H2,1-3H3,(H,20,22). The summed E-state index contributed by atoms with van der Waals surface area (Å²) in [6.07, 6.45) is 2.49. The van der Waals surface area contributed by atoms with Crippen molar-refractivity contribution in [3.8, 4) is 0 Å². The largest absolute Gasteiger partial charge is 0.466 e. The second-order valence-electron chi connectivity index (χ2n) is 6.88. The third kappa shape index (κ3) is 5.05. The van der Waals surface area contributed by atoms with E-state index in [4.69, 9.17) is 4.74 Å². The van der Waals surface area contributed by atoms with Crippen LogP contribution in [0.15, 0.2) is 24.3 Å². The normalized spacial score (nSPS) is 15.0. The number of carbonyl (C=O) groups is 3. The van der Waals surface area contributed by atoms with Crippen LogP contribution >= 0.6 is 0 Å². The summed E-state index contributed by atoms with van der Waals surface area (Å²) in [5.74, 6) is -0.545.